The fraction of sp³-hybridized carbons (Fsp3) is 0.222. The normalized spacial score (nSPS) is 19.7. The van der Waals surface area contributed by atoms with E-state index in [-0.39, 0.29) is 22.0 Å². The van der Waals surface area contributed by atoms with E-state index in [0.29, 0.717) is 17.9 Å². The zero-order valence-electron chi connectivity index (χ0n) is 13.5. The molecule has 2 unspecified atom stereocenters. The van der Waals surface area contributed by atoms with Gasteiger partial charge in [-0.2, -0.15) is 0 Å². The molecule has 2 aromatic carbocycles. The molecule has 1 saturated heterocycles. The van der Waals surface area contributed by atoms with Crippen LogP contribution in [-0.2, 0) is 16.0 Å². The molecule has 0 aliphatic carbocycles. The molecule has 8 heteroatoms. The molecule has 1 heterocycles. The molecular formula is C18H15ClF2N2O2S. The van der Waals surface area contributed by atoms with Gasteiger partial charge < -0.3 is 10.6 Å². The molecule has 2 atom stereocenters. The summed E-state index contributed by atoms with van der Waals surface area (Å²) in [6.07, 6.45) is 0.457. The first kappa shape index (κ1) is 18.7. The molecule has 1 aliphatic heterocycles. The molecule has 2 aromatic rings. The van der Waals surface area contributed by atoms with Crippen LogP contribution in [0.5, 0.6) is 0 Å². The summed E-state index contributed by atoms with van der Waals surface area (Å²) in [5, 5.41) is 4.87. The van der Waals surface area contributed by atoms with Crippen LogP contribution < -0.4 is 10.6 Å². The summed E-state index contributed by atoms with van der Waals surface area (Å²) in [5.74, 6) is -1.14. The van der Waals surface area contributed by atoms with Gasteiger partial charge in [-0.15, -0.1) is 11.8 Å². The van der Waals surface area contributed by atoms with E-state index in [4.69, 9.17) is 11.6 Å². The van der Waals surface area contributed by atoms with Gasteiger partial charge in [0.15, 0.2) is 0 Å². The van der Waals surface area contributed by atoms with E-state index in [1.54, 1.807) is 12.1 Å². The van der Waals surface area contributed by atoms with E-state index in [9.17, 15) is 18.4 Å². The fourth-order valence-electron chi connectivity index (χ4n) is 2.53. The lowest BCUT2D eigenvalue weighted by atomic mass is 10.1. The lowest BCUT2D eigenvalue weighted by molar-refractivity contribution is -0.126. The Hall–Kier alpha value is -2.12. The summed E-state index contributed by atoms with van der Waals surface area (Å²) in [6, 6.07) is 9.15. The van der Waals surface area contributed by atoms with Gasteiger partial charge in [0.05, 0.1) is 10.3 Å². The van der Waals surface area contributed by atoms with E-state index in [1.807, 2.05) is 0 Å². The van der Waals surface area contributed by atoms with Crippen LogP contribution in [-0.4, -0.2) is 28.9 Å². The number of nitrogens with one attached hydrogen (secondary N) is 2. The quantitative estimate of drug-likeness (QED) is 0.832. The van der Waals surface area contributed by atoms with Gasteiger partial charge in [0, 0.05) is 11.4 Å². The number of halogens is 3. The van der Waals surface area contributed by atoms with Crippen molar-refractivity contribution in [3.63, 3.8) is 0 Å². The Morgan fingerprint density at radius 1 is 1.23 bits per heavy atom. The number of hydrogen-bond donors (Lipinski definition) is 2. The third-order valence-electron chi connectivity index (χ3n) is 3.91. The molecule has 0 saturated carbocycles. The lowest BCUT2D eigenvalue weighted by Crippen LogP contribution is -2.52. The Labute approximate surface area is 158 Å². The Balaban J connectivity index is 1.57. The van der Waals surface area contributed by atoms with Crippen LogP contribution in [0, 0.1) is 11.6 Å². The molecular weight excluding hydrogens is 382 g/mol. The first-order valence-corrected chi connectivity index (χ1v) is 9.27. The zero-order valence-corrected chi connectivity index (χ0v) is 15.0. The topological polar surface area (TPSA) is 58.2 Å². The highest BCUT2D eigenvalue weighted by Gasteiger charge is 2.32. The van der Waals surface area contributed by atoms with Gasteiger partial charge in [-0.1, -0.05) is 23.7 Å². The van der Waals surface area contributed by atoms with Gasteiger partial charge in [-0.25, -0.2) is 8.78 Å². The highest BCUT2D eigenvalue weighted by Crippen LogP contribution is 2.24. The van der Waals surface area contributed by atoms with Gasteiger partial charge in [0.25, 0.3) is 0 Å². The van der Waals surface area contributed by atoms with E-state index in [2.05, 4.69) is 10.6 Å². The predicted molar refractivity (Wildman–Crippen MR) is 98.3 cm³/mol. The summed E-state index contributed by atoms with van der Waals surface area (Å²) in [5.41, 5.74) is 1.21. The second-order valence-electron chi connectivity index (χ2n) is 5.83. The Morgan fingerprint density at radius 3 is 2.62 bits per heavy atom. The second-order valence-corrected chi connectivity index (χ2v) is 7.47. The van der Waals surface area contributed by atoms with Crippen molar-refractivity contribution in [3.05, 3.63) is 64.7 Å². The Morgan fingerprint density at radius 2 is 1.96 bits per heavy atom. The molecule has 0 aromatic heterocycles. The average Bonchev–Trinajstić information content (AvgIpc) is 2.61. The molecule has 26 heavy (non-hydrogen) atoms. The van der Waals surface area contributed by atoms with Gasteiger partial charge in [-0.05, 0) is 42.3 Å². The first-order chi connectivity index (χ1) is 12.4. The third-order valence-corrected chi connectivity index (χ3v) is 5.51. The number of amides is 2. The molecule has 3 rings (SSSR count). The molecule has 4 nitrogen and oxygen atoms in total. The van der Waals surface area contributed by atoms with Crippen LogP contribution in [0.25, 0.3) is 0 Å². The van der Waals surface area contributed by atoms with Crippen LogP contribution >= 0.6 is 23.4 Å². The molecule has 136 valence electrons. The van der Waals surface area contributed by atoms with Crippen LogP contribution in [0.2, 0.25) is 5.02 Å². The highest BCUT2D eigenvalue weighted by atomic mass is 35.5. The van der Waals surface area contributed by atoms with Gasteiger partial charge in [0.2, 0.25) is 11.8 Å². The number of benzene rings is 2. The monoisotopic (exact) mass is 396 g/mol. The minimum Gasteiger partial charge on any atom is -0.343 e. The minimum absolute atomic E-state index is 0.0933. The van der Waals surface area contributed by atoms with E-state index in [1.165, 1.54) is 36.0 Å². The summed E-state index contributed by atoms with van der Waals surface area (Å²) in [6.45, 7) is 0. The van der Waals surface area contributed by atoms with Crippen molar-refractivity contribution < 1.29 is 18.4 Å². The Kier molecular flexibility index (Phi) is 5.78. The van der Waals surface area contributed by atoms with Crippen LogP contribution in [0.1, 0.15) is 5.56 Å². The zero-order chi connectivity index (χ0) is 18.7. The van der Waals surface area contributed by atoms with Crippen LogP contribution in [0.3, 0.4) is 0 Å². The summed E-state index contributed by atoms with van der Waals surface area (Å²) in [7, 11) is 0. The SMILES string of the molecule is O=C(Nc1ccc(F)c(Cl)c1)C1CSC(Cc2ccc(F)cc2)C(=O)N1. The van der Waals surface area contributed by atoms with Crippen molar-refractivity contribution in [2.75, 3.05) is 11.1 Å². The molecule has 2 N–H and O–H groups in total. The maximum Gasteiger partial charge on any atom is 0.247 e. The fourth-order valence-corrected chi connectivity index (χ4v) is 3.89. The van der Waals surface area contributed by atoms with Crippen molar-refractivity contribution in [2.24, 2.45) is 0 Å². The van der Waals surface area contributed by atoms with Gasteiger partial charge in [0.1, 0.15) is 17.7 Å². The number of carbonyl (C=O) groups is 2. The highest BCUT2D eigenvalue weighted by molar-refractivity contribution is 8.00. The van der Waals surface area contributed by atoms with E-state index in [0.717, 1.165) is 11.6 Å². The summed E-state index contributed by atoms with van der Waals surface area (Å²) < 4.78 is 26.1. The summed E-state index contributed by atoms with van der Waals surface area (Å²) >= 11 is 7.06. The largest absolute Gasteiger partial charge is 0.343 e. The molecule has 0 spiro atoms. The number of rotatable bonds is 4. The number of hydrogen-bond acceptors (Lipinski definition) is 3. The average molecular weight is 397 g/mol. The van der Waals surface area contributed by atoms with Crippen molar-refractivity contribution in [1.29, 1.82) is 0 Å². The molecule has 1 aliphatic rings. The van der Waals surface area contributed by atoms with Crippen molar-refractivity contribution in [1.82, 2.24) is 5.32 Å². The smallest absolute Gasteiger partial charge is 0.247 e. The standard InChI is InChI=1S/C18H15ClF2N2O2S/c19-13-8-12(5-6-14(13)21)22-17(24)15-9-26-16(18(25)23-15)7-10-1-3-11(20)4-2-10/h1-6,8,15-16H,7,9H2,(H,22,24)(H,23,25). The first-order valence-electron chi connectivity index (χ1n) is 7.85. The predicted octanol–water partition coefficient (Wildman–Crippen LogP) is 3.40. The number of anilines is 1. The maximum atomic E-state index is 13.2. The molecule has 2 amide bonds. The Bertz CT molecular complexity index is 832. The summed E-state index contributed by atoms with van der Waals surface area (Å²) in [4.78, 5) is 24.6. The third kappa shape index (κ3) is 4.53. The molecule has 0 bridgehead atoms. The van der Waals surface area contributed by atoms with Crippen LogP contribution in [0.15, 0.2) is 42.5 Å². The van der Waals surface area contributed by atoms with Gasteiger partial charge >= 0.3 is 0 Å². The minimum atomic E-state index is -0.694. The van der Waals surface area contributed by atoms with E-state index < -0.39 is 17.8 Å². The second kappa shape index (κ2) is 8.05. The van der Waals surface area contributed by atoms with Crippen molar-refractivity contribution in [3.8, 4) is 0 Å². The molecule has 1 fully saturated rings. The number of carbonyl (C=O) groups excluding carboxylic acids is 2. The number of thioether (sulfide) groups is 1. The van der Waals surface area contributed by atoms with E-state index >= 15 is 0 Å². The van der Waals surface area contributed by atoms with Crippen LogP contribution in [0.4, 0.5) is 14.5 Å². The molecule has 0 radical (unpaired) electrons. The van der Waals surface area contributed by atoms with Crippen molar-refractivity contribution >= 4 is 40.9 Å². The maximum absolute atomic E-state index is 13.2. The van der Waals surface area contributed by atoms with Gasteiger partial charge in [-0.3, -0.25) is 9.59 Å². The van der Waals surface area contributed by atoms with Crippen molar-refractivity contribution in [2.45, 2.75) is 17.7 Å². The lowest BCUT2D eigenvalue weighted by Gasteiger charge is -2.28.